The van der Waals surface area contributed by atoms with Crippen molar-refractivity contribution in [2.75, 3.05) is 6.54 Å². The molecule has 0 heterocycles. The topological polar surface area (TPSA) is 32.3 Å². The summed E-state index contributed by atoms with van der Waals surface area (Å²) in [5, 5.41) is 14.3. The second-order valence-electron chi connectivity index (χ2n) is 6.66. The van der Waals surface area contributed by atoms with Crippen molar-refractivity contribution in [3.8, 4) is 0 Å². The standard InChI is InChI=1S/C16H31NO/c1-2-14-8-7-9-15(12-14)17-13-16(18)10-5-3-4-6-11-16/h14-15,17-18H,2-13H2,1H3. The van der Waals surface area contributed by atoms with E-state index >= 15 is 0 Å². The molecule has 2 nitrogen and oxygen atoms in total. The molecule has 2 atom stereocenters. The summed E-state index contributed by atoms with van der Waals surface area (Å²) in [7, 11) is 0. The van der Waals surface area contributed by atoms with Crippen LogP contribution in [-0.4, -0.2) is 23.3 Å². The summed E-state index contributed by atoms with van der Waals surface area (Å²) in [4.78, 5) is 0. The first-order chi connectivity index (χ1) is 8.72. The molecule has 0 amide bonds. The van der Waals surface area contributed by atoms with E-state index in [1.807, 2.05) is 0 Å². The zero-order valence-electron chi connectivity index (χ0n) is 12.1. The maximum absolute atomic E-state index is 10.6. The van der Waals surface area contributed by atoms with Crippen molar-refractivity contribution in [1.82, 2.24) is 5.32 Å². The van der Waals surface area contributed by atoms with E-state index in [4.69, 9.17) is 0 Å². The summed E-state index contributed by atoms with van der Waals surface area (Å²) in [6.07, 6.45) is 13.8. The van der Waals surface area contributed by atoms with E-state index in [9.17, 15) is 5.11 Å². The van der Waals surface area contributed by atoms with Crippen LogP contribution in [0.25, 0.3) is 0 Å². The summed E-state index contributed by atoms with van der Waals surface area (Å²) < 4.78 is 0. The molecule has 2 saturated carbocycles. The lowest BCUT2D eigenvalue weighted by molar-refractivity contribution is 0.0206. The van der Waals surface area contributed by atoms with Gasteiger partial charge in [-0.25, -0.2) is 0 Å². The van der Waals surface area contributed by atoms with E-state index in [1.165, 1.54) is 57.8 Å². The molecule has 0 aromatic carbocycles. The second-order valence-corrected chi connectivity index (χ2v) is 6.66. The predicted octanol–water partition coefficient (Wildman–Crippen LogP) is 3.63. The second kappa shape index (κ2) is 6.91. The quantitative estimate of drug-likeness (QED) is 0.750. The summed E-state index contributed by atoms with van der Waals surface area (Å²) >= 11 is 0. The fraction of sp³-hybridized carbons (Fsp3) is 1.00. The van der Waals surface area contributed by atoms with Gasteiger partial charge in [0, 0.05) is 12.6 Å². The Kier molecular flexibility index (Phi) is 5.50. The molecule has 2 unspecified atom stereocenters. The maximum atomic E-state index is 10.6. The van der Waals surface area contributed by atoms with Crippen molar-refractivity contribution in [3.05, 3.63) is 0 Å². The normalized spacial score (nSPS) is 33.0. The predicted molar refractivity (Wildman–Crippen MR) is 76.7 cm³/mol. The van der Waals surface area contributed by atoms with Gasteiger partial charge in [0.25, 0.3) is 0 Å². The Morgan fingerprint density at radius 2 is 1.78 bits per heavy atom. The van der Waals surface area contributed by atoms with Gasteiger partial charge in [-0.3, -0.25) is 0 Å². The molecule has 2 N–H and O–H groups in total. The highest BCUT2D eigenvalue weighted by Gasteiger charge is 2.29. The highest BCUT2D eigenvalue weighted by Crippen LogP contribution is 2.29. The Hall–Kier alpha value is -0.0800. The zero-order valence-corrected chi connectivity index (χ0v) is 12.1. The third-order valence-electron chi connectivity index (χ3n) is 5.11. The van der Waals surface area contributed by atoms with Crippen LogP contribution in [0, 0.1) is 5.92 Å². The van der Waals surface area contributed by atoms with Gasteiger partial charge in [-0.2, -0.15) is 0 Å². The van der Waals surface area contributed by atoms with E-state index < -0.39 is 5.60 Å². The molecule has 0 spiro atoms. The van der Waals surface area contributed by atoms with Crippen molar-refractivity contribution in [3.63, 3.8) is 0 Å². The minimum atomic E-state index is -0.407. The highest BCUT2D eigenvalue weighted by molar-refractivity contribution is 4.86. The van der Waals surface area contributed by atoms with Crippen LogP contribution in [0.4, 0.5) is 0 Å². The third kappa shape index (κ3) is 4.24. The van der Waals surface area contributed by atoms with E-state index in [1.54, 1.807) is 0 Å². The summed E-state index contributed by atoms with van der Waals surface area (Å²) in [6.45, 7) is 3.14. The molecule has 0 radical (unpaired) electrons. The van der Waals surface area contributed by atoms with Gasteiger partial charge < -0.3 is 10.4 Å². The van der Waals surface area contributed by atoms with Crippen LogP contribution in [0.15, 0.2) is 0 Å². The number of rotatable bonds is 4. The van der Waals surface area contributed by atoms with Crippen LogP contribution >= 0.6 is 0 Å². The minimum Gasteiger partial charge on any atom is -0.389 e. The third-order valence-corrected chi connectivity index (χ3v) is 5.11. The minimum absolute atomic E-state index is 0.407. The molecule has 0 bridgehead atoms. The molecule has 106 valence electrons. The SMILES string of the molecule is CCC1CCCC(NCC2(O)CCCCCC2)C1. The van der Waals surface area contributed by atoms with Gasteiger partial charge in [-0.05, 0) is 31.6 Å². The van der Waals surface area contributed by atoms with Crippen LogP contribution in [-0.2, 0) is 0 Å². The Morgan fingerprint density at radius 3 is 2.44 bits per heavy atom. The Labute approximate surface area is 113 Å². The van der Waals surface area contributed by atoms with E-state index in [0.717, 1.165) is 25.3 Å². The molecule has 0 aliphatic heterocycles. The van der Waals surface area contributed by atoms with E-state index in [-0.39, 0.29) is 0 Å². The Morgan fingerprint density at radius 1 is 1.06 bits per heavy atom. The zero-order chi connectivity index (χ0) is 12.8. The molecule has 2 aliphatic carbocycles. The lowest BCUT2D eigenvalue weighted by Gasteiger charge is -2.33. The number of hydrogen-bond donors (Lipinski definition) is 2. The van der Waals surface area contributed by atoms with Gasteiger partial charge >= 0.3 is 0 Å². The van der Waals surface area contributed by atoms with E-state index in [2.05, 4.69) is 12.2 Å². The summed E-state index contributed by atoms with van der Waals surface area (Å²) in [5.74, 6) is 0.917. The van der Waals surface area contributed by atoms with Crippen molar-refractivity contribution in [2.24, 2.45) is 5.92 Å². The van der Waals surface area contributed by atoms with Crippen LogP contribution in [0.5, 0.6) is 0 Å². The fourth-order valence-electron chi connectivity index (χ4n) is 3.74. The molecule has 0 aromatic rings. The molecule has 2 rings (SSSR count). The molecule has 2 aliphatic rings. The molecular weight excluding hydrogens is 222 g/mol. The lowest BCUT2D eigenvalue weighted by Crippen LogP contribution is -2.45. The van der Waals surface area contributed by atoms with Gasteiger partial charge in [-0.1, -0.05) is 51.9 Å². The van der Waals surface area contributed by atoms with Crippen molar-refractivity contribution < 1.29 is 5.11 Å². The molecular formula is C16H31NO. The summed E-state index contributed by atoms with van der Waals surface area (Å²) in [6, 6.07) is 0.663. The molecule has 0 aromatic heterocycles. The maximum Gasteiger partial charge on any atom is 0.0771 e. The Balaban J connectivity index is 1.75. The Bertz CT molecular complexity index is 233. The first-order valence-corrected chi connectivity index (χ1v) is 8.17. The first-order valence-electron chi connectivity index (χ1n) is 8.17. The summed E-state index contributed by atoms with van der Waals surface area (Å²) in [5.41, 5.74) is -0.407. The first kappa shape index (κ1) is 14.3. The van der Waals surface area contributed by atoms with Gasteiger partial charge in [0.1, 0.15) is 0 Å². The number of aliphatic hydroxyl groups is 1. The molecule has 2 fully saturated rings. The lowest BCUT2D eigenvalue weighted by atomic mass is 9.83. The van der Waals surface area contributed by atoms with Gasteiger partial charge in [0.2, 0.25) is 0 Å². The van der Waals surface area contributed by atoms with E-state index in [0.29, 0.717) is 6.04 Å². The fourth-order valence-corrected chi connectivity index (χ4v) is 3.74. The van der Waals surface area contributed by atoms with Gasteiger partial charge in [-0.15, -0.1) is 0 Å². The molecule has 18 heavy (non-hydrogen) atoms. The van der Waals surface area contributed by atoms with Crippen LogP contribution < -0.4 is 5.32 Å². The average molecular weight is 253 g/mol. The van der Waals surface area contributed by atoms with Crippen LogP contribution in [0.3, 0.4) is 0 Å². The van der Waals surface area contributed by atoms with Crippen molar-refractivity contribution >= 4 is 0 Å². The van der Waals surface area contributed by atoms with Crippen LogP contribution in [0.2, 0.25) is 0 Å². The van der Waals surface area contributed by atoms with Crippen molar-refractivity contribution in [1.29, 1.82) is 0 Å². The van der Waals surface area contributed by atoms with Crippen LogP contribution in [0.1, 0.15) is 77.6 Å². The largest absolute Gasteiger partial charge is 0.389 e. The smallest absolute Gasteiger partial charge is 0.0771 e. The van der Waals surface area contributed by atoms with Crippen molar-refractivity contribution in [2.45, 2.75) is 89.2 Å². The monoisotopic (exact) mass is 253 g/mol. The number of nitrogens with one attached hydrogen (secondary N) is 1. The van der Waals surface area contributed by atoms with Gasteiger partial charge in [0.15, 0.2) is 0 Å². The molecule has 2 heteroatoms. The van der Waals surface area contributed by atoms with Gasteiger partial charge in [0.05, 0.1) is 5.60 Å². The molecule has 0 saturated heterocycles. The average Bonchev–Trinajstić information content (AvgIpc) is 2.62. The highest BCUT2D eigenvalue weighted by atomic mass is 16.3. The number of hydrogen-bond acceptors (Lipinski definition) is 2.